The van der Waals surface area contributed by atoms with Gasteiger partial charge >= 0.3 is 0 Å². The molecule has 0 radical (unpaired) electrons. The van der Waals surface area contributed by atoms with Crippen molar-refractivity contribution < 1.29 is 14.3 Å². The highest BCUT2D eigenvalue weighted by Gasteiger charge is 2.12. The number of carbonyl (C=O) groups is 2. The maximum absolute atomic E-state index is 12.1. The Labute approximate surface area is 158 Å². The number of ether oxygens (including phenoxy) is 1. The number of rotatable bonds is 7. The van der Waals surface area contributed by atoms with Crippen molar-refractivity contribution in [2.24, 2.45) is 0 Å². The van der Waals surface area contributed by atoms with E-state index in [9.17, 15) is 9.59 Å². The number of thiophene rings is 1. The summed E-state index contributed by atoms with van der Waals surface area (Å²) >= 11 is 2.66. The van der Waals surface area contributed by atoms with Crippen molar-refractivity contribution in [3.63, 3.8) is 0 Å². The molecule has 1 aromatic carbocycles. The summed E-state index contributed by atoms with van der Waals surface area (Å²) in [5.74, 6) is 0.395. The molecule has 8 heteroatoms. The van der Waals surface area contributed by atoms with Gasteiger partial charge in [0.15, 0.2) is 5.13 Å². The van der Waals surface area contributed by atoms with Crippen molar-refractivity contribution in [2.45, 2.75) is 13.3 Å². The fourth-order valence-corrected chi connectivity index (χ4v) is 3.51. The largest absolute Gasteiger partial charge is 0.494 e. The lowest BCUT2D eigenvalue weighted by Crippen LogP contribution is -2.15. The van der Waals surface area contributed by atoms with E-state index in [4.69, 9.17) is 4.74 Å². The first-order chi connectivity index (χ1) is 12.6. The lowest BCUT2D eigenvalue weighted by molar-refractivity contribution is -0.115. The number of hydrogen-bond acceptors (Lipinski definition) is 6. The van der Waals surface area contributed by atoms with E-state index in [0.29, 0.717) is 28.0 Å². The predicted octanol–water partition coefficient (Wildman–Crippen LogP) is 4.04. The Hall–Kier alpha value is -2.71. The van der Waals surface area contributed by atoms with Crippen molar-refractivity contribution in [3.05, 3.63) is 57.7 Å². The molecular weight excluding hydrogens is 370 g/mol. The minimum atomic E-state index is -0.195. The van der Waals surface area contributed by atoms with E-state index in [2.05, 4.69) is 15.6 Å². The Morgan fingerprint density at radius 3 is 2.62 bits per heavy atom. The van der Waals surface area contributed by atoms with Gasteiger partial charge in [-0.3, -0.25) is 14.9 Å². The molecule has 0 fully saturated rings. The van der Waals surface area contributed by atoms with Gasteiger partial charge in [0.2, 0.25) is 5.91 Å². The average Bonchev–Trinajstić information content (AvgIpc) is 3.29. The molecule has 0 saturated heterocycles. The Morgan fingerprint density at radius 1 is 1.12 bits per heavy atom. The molecule has 6 nitrogen and oxygen atoms in total. The second-order valence-corrected chi connectivity index (χ2v) is 7.06. The zero-order valence-corrected chi connectivity index (χ0v) is 15.7. The summed E-state index contributed by atoms with van der Waals surface area (Å²) in [5, 5.41) is 9.64. The first kappa shape index (κ1) is 18.1. The van der Waals surface area contributed by atoms with E-state index >= 15 is 0 Å². The highest BCUT2D eigenvalue weighted by atomic mass is 32.1. The average molecular weight is 387 g/mol. The summed E-state index contributed by atoms with van der Waals surface area (Å²) in [6.45, 7) is 2.52. The van der Waals surface area contributed by atoms with Crippen LogP contribution in [0.4, 0.5) is 10.8 Å². The van der Waals surface area contributed by atoms with E-state index in [0.717, 1.165) is 5.75 Å². The molecule has 26 heavy (non-hydrogen) atoms. The number of thiazole rings is 1. The van der Waals surface area contributed by atoms with E-state index in [1.54, 1.807) is 35.7 Å². The molecule has 2 aromatic heterocycles. The third-order valence-electron chi connectivity index (χ3n) is 3.31. The molecule has 0 unspecified atom stereocenters. The molecule has 0 spiro atoms. The minimum Gasteiger partial charge on any atom is -0.494 e. The number of benzene rings is 1. The molecule has 2 amide bonds. The van der Waals surface area contributed by atoms with Crippen LogP contribution < -0.4 is 15.4 Å². The fourth-order valence-electron chi connectivity index (χ4n) is 2.18. The maximum atomic E-state index is 12.1. The van der Waals surface area contributed by atoms with Crippen LogP contribution in [0.5, 0.6) is 5.75 Å². The van der Waals surface area contributed by atoms with Crippen LogP contribution in [0, 0.1) is 0 Å². The Kier molecular flexibility index (Phi) is 5.98. The summed E-state index contributed by atoms with van der Waals surface area (Å²) in [7, 11) is 0. The van der Waals surface area contributed by atoms with Gasteiger partial charge in [-0.2, -0.15) is 0 Å². The van der Waals surface area contributed by atoms with E-state index in [1.807, 2.05) is 18.4 Å². The van der Waals surface area contributed by atoms with Crippen molar-refractivity contribution in [1.82, 2.24) is 4.98 Å². The van der Waals surface area contributed by atoms with E-state index in [-0.39, 0.29) is 18.2 Å². The highest BCUT2D eigenvalue weighted by molar-refractivity contribution is 7.14. The second kappa shape index (κ2) is 8.59. The molecule has 0 saturated carbocycles. The van der Waals surface area contributed by atoms with Gasteiger partial charge in [0.25, 0.3) is 5.91 Å². The van der Waals surface area contributed by atoms with Crippen molar-refractivity contribution in [3.8, 4) is 5.75 Å². The number of aromatic nitrogens is 1. The molecule has 0 aliphatic carbocycles. The molecule has 3 aromatic rings. The minimum absolute atomic E-state index is 0.137. The van der Waals surface area contributed by atoms with Crippen LogP contribution in [-0.2, 0) is 11.2 Å². The molecule has 0 atom stereocenters. The van der Waals surface area contributed by atoms with Gasteiger partial charge in [0.05, 0.1) is 23.6 Å². The third-order valence-corrected chi connectivity index (χ3v) is 4.98. The monoisotopic (exact) mass is 387 g/mol. The number of nitrogens with zero attached hydrogens (tertiary/aromatic N) is 1. The normalized spacial score (nSPS) is 10.3. The molecular formula is C18H17N3O3S2. The Balaban J connectivity index is 1.53. The lowest BCUT2D eigenvalue weighted by atomic mass is 10.2. The summed E-state index contributed by atoms with van der Waals surface area (Å²) in [6, 6.07) is 10.8. The van der Waals surface area contributed by atoms with Gasteiger partial charge < -0.3 is 10.1 Å². The van der Waals surface area contributed by atoms with E-state index in [1.165, 1.54) is 22.7 Å². The van der Waals surface area contributed by atoms with Crippen LogP contribution in [0.3, 0.4) is 0 Å². The zero-order chi connectivity index (χ0) is 18.4. The molecule has 3 rings (SSSR count). The van der Waals surface area contributed by atoms with Crippen LogP contribution in [0.15, 0.2) is 47.2 Å². The van der Waals surface area contributed by atoms with Crippen LogP contribution in [0.2, 0.25) is 0 Å². The number of nitrogens with one attached hydrogen (secondary N) is 2. The molecule has 2 heterocycles. The molecule has 134 valence electrons. The van der Waals surface area contributed by atoms with Gasteiger partial charge in [-0.15, -0.1) is 22.7 Å². The van der Waals surface area contributed by atoms with Gasteiger partial charge in [-0.05, 0) is 42.6 Å². The number of carbonyl (C=O) groups excluding carboxylic acids is 2. The summed E-state index contributed by atoms with van der Waals surface area (Å²) < 4.78 is 5.37. The highest BCUT2D eigenvalue weighted by Crippen LogP contribution is 2.19. The summed E-state index contributed by atoms with van der Waals surface area (Å²) in [6.07, 6.45) is 0.137. The van der Waals surface area contributed by atoms with Crippen molar-refractivity contribution in [1.29, 1.82) is 0 Å². The predicted molar refractivity (Wildman–Crippen MR) is 104 cm³/mol. The van der Waals surface area contributed by atoms with Crippen molar-refractivity contribution >= 4 is 45.3 Å². The topological polar surface area (TPSA) is 80.3 Å². The Morgan fingerprint density at radius 2 is 1.92 bits per heavy atom. The molecule has 0 aliphatic heterocycles. The molecule has 2 N–H and O–H groups in total. The smallest absolute Gasteiger partial charge is 0.267 e. The number of hydrogen-bond donors (Lipinski definition) is 2. The summed E-state index contributed by atoms with van der Waals surface area (Å²) in [5.41, 5.74) is 1.31. The third kappa shape index (κ3) is 4.90. The Bertz CT molecular complexity index is 873. The van der Waals surface area contributed by atoms with Crippen LogP contribution >= 0.6 is 22.7 Å². The van der Waals surface area contributed by atoms with Crippen LogP contribution in [0.1, 0.15) is 22.3 Å². The van der Waals surface area contributed by atoms with Crippen molar-refractivity contribution in [2.75, 3.05) is 17.2 Å². The zero-order valence-electron chi connectivity index (χ0n) is 14.0. The van der Waals surface area contributed by atoms with Gasteiger partial charge in [0, 0.05) is 11.1 Å². The molecule has 0 bridgehead atoms. The first-order valence-corrected chi connectivity index (χ1v) is 9.72. The SMILES string of the molecule is CCOc1ccc(NC(=O)Cc2csc(NC(=O)c3cccs3)n2)cc1. The van der Waals surface area contributed by atoms with E-state index < -0.39 is 0 Å². The number of amides is 2. The quantitative estimate of drug-likeness (QED) is 0.641. The standard InChI is InChI=1S/C18H17N3O3S2/c1-2-24-14-7-5-12(6-8-14)19-16(22)10-13-11-26-18(20-13)21-17(23)15-4-3-9-25-15/h3-9,11H,2,10H2,1H3,(H,19,22)(H,20,21,23). The second-order valence-electron chi connectivity index (χ2n) is 5.26. The van der Waals surface area contributed by atoms with Gasteiger partial charge in [-0.1, -0.05) is 6.07 Å². The van der Waals surface area contributed by atoms with Gasteiger partial charge in [0.1, 0.15) is 5.75 Å². The first-order valence-electron chi connectivity index (χ1n) is 7.96. The fraction of sp³-hybridized carbons (Fsp3) is 0.167. The molecule has 0 aliphatic rings. The number of anilines is 2. The summed E-state index contributed by atoms with van der Waals surface area (Å²) in [4.78, 5) is 29.1. The maximum Gasteiger partial charge on any atom is 0.267 e. The van der Waals surface area contributed by atoms with Crippen LogP contribution in [-0.4, -0.2) is 23.4 Å². The lowest BCUT2D eigenvalue weighted by Gasteiger charge is -2.06. The van der Waals surface area contributed by atoms with Gasteiger partial charge in [-0.25, -0.2) is 4.98 Å². The van der Waals surface area contributed by atoms with Crippen LogP contribution in [0.25, 0.3) is 0 Å².